The number of hydrogen-bond donors (Lipinski definition) is 3. The minimum atomic E-state index is -0.186. The molecular formula is C12H23N7O. The molecule has 1 rings (SSSR count). The van der Waals surface area contributed by atoms with E-state index in [9.17, 15) is 4.79 Å². The van der Waals surface area contributed by atoms with Gasteiger partial charge < -0.3 is 21.3 Å². The van der Waals surface area contributed by atoms with Gasteiger partial charge >= 0.3 is 6.03 Å². The van der Waals surface area contributed by atoms with Gasteiger partial charge in [0.15, 0.2) is 0 Å². The van der Waals surface area contributed by atoms with Crippen LogP contribution in [0.15, 0.2) is 0 Å². The zero-order valence-corrected chi connectivity index (χ0v) is 12.5. The van der Waals surface area contributed by atoms with Crippen LogP contribution in [0.4, 0.5) is 16.7 Å². The topological polar surface area (TPSA) is 109 Å². The van der Waals surface area contributed by atoms with Crippen molar-refractivity contribution in [3.05, 3.63) is 5.82 Å². The molecule has 112 valence electrons. The van der Waals surface area contributed by atoms with E-state index in [4.69, 9.17) is 5.73 Å². The number of nitrogens with two attached hydrogens (primary N) is 1. The molecule has 0 fully saturated rings. The number of anilines is 2. The van der Waals surface area contributed by atoms with E-state index in [0.29, 0.717) is 24.7 Å². The van der Waals surface area contributed by atoms with E-state index in [1.54, 1.807) is 4.90 Å². The Kier molecular flexibility index (Phi) is 5.95. The first-order valence-electron chi connectivity index (χ1n) is 6.64. The molecule has 0 unspecified atom stereocenters. The normalized spacial score (nSPS) is 11.8. The van der Waals surface area contributed by atoms with Gasteiger partial charge in [-0.05, 0) is 13.3 Å². The fraction of sp³-hybridized carbons (Fsp3) is 0.667. The zero-order valence-electron chi connectivity index (χ0n) is 12.5. The number of rotatable bonds is 6. The number of carbonyl (C=O) groups is 1. The lowest BCUT2D eigenvalue weighted by molar-refractivity contribution is 0.237. The summed E-state index contributed by atoms with van der Waals surface area (Å²) in [5.74, 6) is 1.25. The van der Waals surface area contributed by atoms with Gasteiger partial charge in [0.1, 0.15) is 5.82 Å². The van der Waals surface area contributed by atoms with Crippen LogP contribution in [0.3, 0.4) is 0 Å². The molecule has 0 bridgehead atoms. The molecule has 0 radical (unpaired) electrons. The maximum absolute atomic E-state index is 11.5. The van der Waals surface area contributed by atoms with E-state index in [1.807, 2.05) is 27.9 Å². The van der Waals surface area contributed by atoms with Crippen LogP contribution in [0.25, 0.3) is 0 Å². The average Bonchev–Trinajstić information content (AvgIpc) is 2.37. The number of urea groups is 1. The average molecular weight is 281 g/mol. The van der Waals surface area contributed by atoms with Crippen LogP contribution >= 0.6 is 0 Å². The van der Waals surface area contributed by atoms with Crippen molar-refractivity contribution >= 4 is 17.9 Å². The number of carbonyl (C=O) groups excluding carboxylic acids is 1. The molecule has 4 N–H and O–H groups in total. The molecule has 0 aliphatic rings. The summed E-state index contributed by atoms with van der Waals surface area (Å²) in [6.45, 7) is 4.41. The lowest BCUT2D eigenvalue weighted by Crippen LogP contribution is -2.41. The van der Waals surface area contributed by atoms with Gasteiger partial charge in [0.2, 0.25) is 11.9 Å². The van der Waals surface area contributed by atoms with Crippen LogP contribution in [0.5, 0.6) is 0 Å². The largest absolute Gasteiger partial charge is 0.368 e. The first-order chi connectivity index (χ1) is 9.42. The van der Waals surface area contributed by atoms with Crippen LogP contribution < -0.4 is 21.3 Å². The van der Waals surface area contributed by atoms with Crippen molar-refractivity contribution in [2.75, 3.05) is 31.3 Å². The Hall–Kier alpha value is -2.12. The molecule has 1 heterocycles. The Bertz CT molecular complexity index is 449. The van der Waals surface area contributed by atoms with Gasteiger partial charge in [-0.25, -0.2) is 4.79 Å². The van der Waals surface area contributed by atoms with Crippen molar-refractivity contribution in [3.8, 4) is 0 Å². The highest BCUT2D eigenvalue weighted by molar-refractivity contribution is 5.74. The zero-order chi connectivity index (χ0) is 15.1. The highest BCUT2D eigenvalue weighted by Gasteiger charge is 2.08. The second kappa shape index (κ2) is 7.46. The number of aromatic nitrogens is 3. The monoisotopic (exact) mass is 281 g/mol. The van der Waals surface area contributed by atoms with E-state index in [0.717, 1.165) is 6.42 Å². The molecule has 20 heavy (non-hydrogen) atoms. The molecule has 0 spiro atoms. The van der Waals surface area contributed by atoms with Gasteiger partial charge in [-0.2, -0.15) is 15.0 Å². The minimum Gasteiger partial charge on any atom is -0.368 e. The number of amides is 2. The molecule has 0 saturated carbocycles. The lowest BCUT2D eigenvalue weighted by Gasteiger charge is -2.13. The number of nitrogens with one attached hydrogen (secondary N) is 2. The molecule has 0 aliphatic carbocycles. The van der Waals surface area contributed by atoms with E-state index >= 15 is 0 Å². The first-order valence-corrected chi connectivity index (χ1v) is 6.64. The summed E-state index contributed by atoms with van der Waals surface area (Å²) in [5, 5.41) is 5.58. The van der Waals surface area contributed by atoms with Gasteiger partial charge in [0, 0.05) is 33.1 Å². The quantitative estimate of drug-likeness (QED) is 0.685. The smallest absolute Gasteiger partial charge is 0.315 e. The van der Waals surface area contributed by atoms with Crippen molar-refractivity contribution in [1.29, 1.82) is 0 Å². The fourth-order valence-corrected chi connectivity index (χ4v) is 1.40. The molecule has 0 aromatic carbocycles. The molecule has 0 aliphatic heterocycles. The van der Waals surface area contributed by atoms with Crippen LogP contribution in [-0.4, -0.2) is 47.7 Å². The fourth-order valence-electron chi connectivity index (χ4n) is 1.40. The highest BCUT2D eigenvalue weighted by atomic mass is 16.2. The van der Waals surface area contributed by atoms with E-state index < -0.39 is 0 Å². The van der Waals surface area contributed by atoms with Gasteiger partial charge in [0.05, 0.1) is 0 Å². The molecule has 2 amide bonds. The minimum absolute atomic E-state index is 0.156. The third-order valence-corrected chi connectivity index (χ3v) is 2.71. The summed E-state index contributed by atoms with van der Waals surface area (Å²) in [6, 6.07) is -0.0302. The maximum Gasteiger partial charge on any atom is 0.315 e. The van der Waals surface area contributed by atoms with Gasteiger partial charge in [-0.1, -0.05) is 6.92 Å². The second-order valence-corrected chi connectivity index (χ2v) is 4.76. The lowest BCUT2D eigenvalue weighted by atomic mass is 10.3. The van der Waals surface area contributed by atoms with Crippen LogP contribution in [-0.2, 0) is 6.42 Å². The van der Waals surface area contributed by atoms with Crippen LogP contribution in [0.1, 0.15) is 26.1 Å². The second-order valence-electron chi connectivity index (χ2n) is 4.76. The third kappa shape index (κ3) is 5.25. The summed E-state index contributed by atoms with van der Waals surface area (Å²) in [6.07, 6.45) is 1.39. The van der Waals surface area contributed by atoms with Gasteiger partial charge in [-0.15, -0.1) is 0 Å². The van der Waals surface area contributed by atoms with Crippen molar-refractivity contribution < 1.29 is 4.79 Å². The number of hydrogen-bond acceptors (Lipinski definition) is 6. The van der Waals surface area contributed by atoms with E-state index in [-0.39, 0.29) is 18.0 Å². The molecule has 1 aromatic rings. The number of nitrogens with zero attached hydrogens (tertiary/aromatic N) is 4. The summed E-state index contributed by atoms with van der Waals surface area (Å²) in [4.78, 5) is 25.6. The van der Waals surface area contributed by atoms with Gasteiger partial charge in [0.25, 0.3) is 0 Å². The molecule has 8 nitrogen and oxygen atoms in total. The molecule has 8 heteroatoms. The summed E-state index contributed by atoms with van der Waals surface area (Å²) < 4.78 is 0. The Morgan fingerprint density at radius 1 is 1.35 bits per heavy atom. The Morgan fingerprint density at radius 2 is 2.05 bits per heavy atom. The Morgan fingerprint density at radius 3 is 2.65 bits per heavy atom. The van der Waals surface area contributed by atoms with Crippen molar-refractivity contribution in [3.63, 3.8) is 0 Å². The Labute approximate surface area is 119 Å². The Balaban J connectivity index is 2.48. The van der Waals surface area contributed by atoms with Crippen molar-refractivity contribution in [1.82, 2.24) is 25.6 Å². The highest BCUT2D eigenvalue weighted by Crippen LogP contribution is 2.05. The molecule has 1 aromatic heterocycles. The maximum atomic E-state index is 11.5. The predicted octanol–water partition coefficient (Wildman–Crippen LogP) is 0.160. The summed E-state index contributed by atoms with van der Waals surface area (Å²) in [5.41, 5.74) is 5.62. The van der Waals surface area contributed by atoms with Crippen LogP contribution in [0.2, 0.25) is 0 Å². The third-order valence-electron chi connectivity index (χ3n) is 2.71. The van der Waals surface area contributed by atoms with Gasteiger partial charge in [-0.3, -0.25) is 0 Å². The predicted molar refractivity (Wildman–Crippen MR) is 78.6 cm³/mol. The van der Waals surface area contributed by atoms with E-state index in [2.05, 4.69) is 25.6 Å². The van der Waals surface area contributed by atoms with Crippen LogP contribution in [0, 0.1) is 0 Å². The standard InChI is InChI=1S/C12H23N7O/c1-5-8(2)15-12(20)14-7-6-9-16-10(13)18-11(17-9)19(3)4/h8H,5-7H2,1-4H3,(H2,14,15,20)(H2,13,16,17,18)/t8-/m0/s1. The SMILES string of the molecule is CC[C@H](C)NC(=O)NCCc1nc(N)nc(N(C)C)n1. The van der Waals surface area contributed by atoms with Crippen molar-refractivity contribution in [2.45, 2.75) is 32.7 Å². The van der Waals surface area contributed by atoms with Crippen molar-refractivity contribution in [2.24, 2.45) is 0 Å². The summed E-state index contributed by atoms with van der Waals surface area (Å²) >= 11 is 0. The number of nitrogen functional groups attached to an aromatic ring is 1. The summed E-state index contributed by atoms with van der Waals surface area (Å²) in [7, 11) is 3.66. The molecule has 0 saturated heterocycles. The van der Waals surface area contributed by atoms with E-state index in [1.165, 1.54) is 0 Å². The molecule has 1 atom stereocenters. The first kappa shape index (κ1) is 15.9. The molecular weight excluding hydrogens is 258 g/mol.